The van der Waals surface area contributed by atoms with Gasteiger partial charge in [0.15, 0.2) is 0 Å². The van der Waals surface area contributed by atoms with E-state index in [1.807, 2.05) is 7.05 Å². The Kier molecular flexibility index (Phi) is 9.94. The Hall–Kier alpha value is -0.410. The SMILES string of the molecule is CCCCCCCCCC(Cc1cc(F)ccc1Br)NC. The molecule has 120 valence electrons. The molecule has 1 aromatic carbocycles. The normalized spacial score (nSPS) is 12.6. The second-order valence-corrected chi connectivity index (χ2v) is 6.69. The van der Waals surface area contributed by atoms with E-state index in [0.717, 1.165) is 22.9 Å². The van der Waals surface area contributed by atoms with Gasteiger partial charge in [-0.05, 0) is 43.7 Å². The third-order valence-electron chi connectivity index (χ3n) is 4.04. The Morgan fingerprint density at radius 3 is 2.43 bits per heavy atom. The zero-order valence-corrected chi connectivity index (χ0v) is 15.0. The maximum atomic E-state index is 13.3. The first-order valence-electron chi connectivity index (χ1n) is 8.28. The van der Waals surface area contributed by atoms with Crippen LogP contribution in [0.3, 0.4) is 0 Å². The Morgan fingerprint density at radius 2 is 1.76 bits per heavy atom. The average molecular weight is 358 g/mol. The lowest BCUT2D eigenvalue weighted by atomic mass is 9.99. The van der Waals surface area contributed by atoms with Gasteiger partial charge in [-0.15, -0.1) is 0 Å². The minimum atomic E-state index is -0.154. The molecule has 1 rings (SSSR count). The fraction of sp³-hybridized carbons (Fsp3) is 0.667. The van der Waals surface area contributed by atoms with Gasteiger partial charge in [-0.25, -0.2) is 4.39 Å². The molecule has 0 saturated heterocycles. The molecule has 0 aliphatic heterocycles. The number of hydrogen-bond acceptors (Lipinski definition) is 1. The number of likely N-dealkylation sites (N-methyl/N-ethyl adjacent to an activating group) is 1. The Bertz CT molecular complexity index is 395. The summed E-state index contributed by atoms with van der Waals surface area (Å²) in [5.41, 5.74) is 1.05. The van der Waals surface area contributed by atoms with Crippen LogP contribution in [0.1, 0.15) is 63.9 Å². The van der Waals surface area contributed by atoms with Gasteiger partial charge in [0.1, 0.15) is 5.82 Å². The molecule has 0 bridgehead atoms. The highest BCUT2D eigenvalue weighted by Gasteiger charge is 2.10. The van der Waals surface area contributed by atoms with E-state index in [-0.39, 0.29) is 5.82 Å². The fourth-order valence-electron chi connectivity index (χ4n) is 2.66. The molecule has 1 unspecified atom stereocenters. The minimum absolute atomic E-state index is 0.154. The van der Waals surface area contributed by atoms with E-state index in [1.54, 1.807) is 12.1 Å². The second-order valence-electron chi connectivity index (χ2n) is 5.84. The van der Waals surface area contributed by atoms with Crippen molar-refractivity contribution in [3.63, 3.8) is 0 Å². The van der Waals surface area contributed by atoms with Crippen molar-refractivity contribution in [1.29, 1.82) is 0 Å². The Balaban J connectivity index is 2.27. The quantitative estimate of drug-likeness (QED) is 0.489. The molecule has 0 radical (unpaired) electrons. The minimum Gasteiger partial charge on any atom is -0.317 e. The van der Waals surface area contributed by atoms with E-state index < -0.39 is 0 Å². The molecule has 3 heteroatoms. The highest BCUT2D eigenvalue weighted by atomic mass is 79.9. The number of unbranched alkanes of at least 4 members (excludes halogenated alkanes) is 6. The third kappa shape index (κ3) is 7.96. The van der Waals surface area contributed by atoms with E-state index in [1.165, 1.54) is 51.0 Å². The van der Waals surface area contributed by atoms with E-state index in [0.29, 0.717) is 6.04 Å². The first-order valence-corrected chi connectivity index (χ1v) is 9.07. The zero-order valence-electron chi connectivity index (χ0n) is 13.4. The van der Waals surface area contributed by atoms with Gasteiger partial charge >= 0.3 is 0 Å². The molecule has 0 aliphatic rings. The summed E-state index contributed by atoms with van der Waals surface area (Å²) in [5, 5.41) is 3.37. The molecule has 0 fully saturated rings. The van der Waals surface area contributed by atoms with Crippen molar-refractivity contribution < 1.29 is 4.39 Å². The average Bonchev–Trinajstić information content (AvgIpc) is 2.48. The standard InChI is InChI=1S/C18H29BrFN/c1-3-4-5-6-7-8-9-10-17(21-2)14-15-13-16(20)11-12-18(15)19/h11-13,17,21H,3-10,14H2,1-2H3. The second kappa shape index (κ2) is 11.2. The van der Waals surface area contributed by atoms with Gasteiger partial charge in [-0.3, -0.25) is 0 Å². The van der Waals surface area contributed by atoms with Crippen molar-refractivity contribution in [1.82, 2.24) is 5.32 Å². The van der Waals surface area contributed by atoms with Gasteiger partial charge < -0.3 is 5.32 Å². The summed E-state index contributed by atoms with van der Waals surface area (Å²) >= 11 is 3.51. The van der Waals surface area contributed by atoms with Crippen molar-refractivity contribution in [3.05, 3.63) is 34.1 Å². The van der Waals surface area contributed by atoms with Crippen LogP contribution in [0.25, 0.3) is 0 Å². The van der Waals surface area contributed by atoms with Crippen molar-refractivity contribution in [2.24, 2.45) is 0 Å². The Morgan fingerprint density at radius 1 is 1.10 bits per heavy atom. The lowest BCUT2D eigenvalue weighted by Gasteiger charge is -2.17. The maximum absolute atomic E-state index is 13.3. The van der Waals surface area contributed by atoms with Crippen molar-refractivity contribution in [3.8, 4) is 0 Å². The molecule has 21 heavy (non-hydrogen) atoms. The van der Waals surface area contributed by atoms with E-state index >= 15 is 0 Å². The third-order valence-corrected chi connectivity index (χ3v) is 4.81. The molecule has 0 aromatic heterocycles. The van der Waals surface area contributed by atoms with Gasteiger partial charge in [-0.1, -0.05) is 67.8 Å². The highest BCUT2D eigenvalue weighted by molar-refractivity contribution is 9.10. The van der Waals surface area contributed by atoms with Crippen LogP contribution in [0.4, 0.5) is 4.39 Å². The fourth-order valence-corrected chi connectivity index (χ4v) is 3.07. The maximum Gasteiger partial charge on any atom is 0.123 e. The van der Waals surface area contributed by atoms with Crippen LogP contribution in [0.2, 0.25) is 0 Å². The van der Waals surface area contributed by atoms with Crippen LogP contribution in [0, 0.1) is 5.82 Å². The molecule has 0 aliphatic carbocycles. The van der Waals surface area contributed by atoms with Gasteiger partial charge in [0.25, 0.3) is 0 Å². The molecule has 0 amide bonds. The molecular formula is C18H29BrFN. The lowest BCUT2D eigenvalue weighted by Crippen LogP contribution is -2.27. The van der Waals surface area contributed by atoms with Gasteiger partial charge in [0.2, 0.25) is 0 Å². The number of hydrogen-bond donors (Lipinski definition) is 1. The monoisotopic (exact) mass is 357 g/mol. The van der Waals surface area contributed by atoms with Crippen LogP contribution < -0.4 is 5.32 Å². The van der Waals surface area contributed by atoms with Crippen molar-refractivity contribution >= 4 is 15.9 Å². The van der Waals surface area contributed by atoms with Gasteiger partial charge in [0.05, 0.1) is 0 Å². The zero-order chi connectivity index (χ0) is 15.5. The summed E-state index contributed by atoms with van der Waals surface area (Å²) < 4.78 is 14.3. The summed E-state index contributed by atoms with van der Waals surface area (Å²) in [6, 6.07) is 5.36. The predicted octanol–water partition coefficient (Wildman–Crippen LogP) is 5.86. The van der Waals surface area contributed by atoms with Gasteiger partial charge in [0, 0.05) is 10.5 Å². The summed E-state index contributed by atoms with van der Waals surface area (Å²) in [4.78, 5) is 0. The van der Waals surface area contributed by atoms with Crippen LogP contribution in [-0.2, 0) is 6.42 Å². The molecule has 1 aromatic rings. The summed E-state index contributed by atoms with van der Waals surface area (Å²) in [7, 11) is 2.00. The summed E-state index contributed by atoms with van der Waals surface area (Å²) in [6.45, 7) is 2.25. The molecule has 1 nitrogen and oxygen atoms in total. The van der Waals surface area contributed by atoms with Crippen LogP contribution in [-0.4, -0.2) is 13.1 Å². The largest absolute Gasteiger partial charge is 0.317 e. The van der Waals surface area contributed by atoms with Gasteiger partial charge in [-0.2, -0.15) is 0 Å². The smallest absolute Gasteiger partial charge is 0.123 e. The number of halogens is 2. The highest BCUT2D eigenvalue weighted by Crippen LogP contribution is 2.21. The molecule has 0 heterocycles. The summed E-state index contributed by atoms with van der Waals surface area (Å²) in [6.07, 6.45) is 11.4. The summed E-state index contributed by atoms with van der Waals surface area (Å²) in [5.74, 6) is -0.154. The molecule has 1 N–H and O–H groups in total. The van der Waals surface area contributed by atoms with Crippen LogP contribution in [0.5, 0.6) is 0 Å². The van der Waals surface area contributed by atoms with Crippen molar-refractivity contribution in [2.45, 2.75) is 70.8 Å². The van der Waals surface area contributed by atoms with E-state index in [9.17, 15) is 4.39 Å². The Labute approximate surface area is 137 Å². The topological polar surface area (TPSA) is 12.0 Å². The number of benzene rings is 1. The van der Waals surface area contributed by atoms with Crippen LogP contribution in [0.15, 0.2) is 22.7 Å². The molecule has 0 saturated carbocycles. The molecular weight excluding hydrogens is 329 g/mol. The first-order chi connectivity index (χ1) is 10.2. The first kappa shape index (κ1) is 18.6. The predicted molar refractivity (Wildman–Crippen MR) is 93.3 cm³/mol. The number of nitrogens with one attached hydrogen (secondary N) is 1. The van der Waals surface area contributed by atoms with Crippen LogP contribution >= 0.6 is 15.9 Å². The van der Waals surface area contributed by atoms with Crippen molar-refractivity contribution in [2.75, 3.05) is 7.05 Å². The number of rotatable bonds is 11. The molecule has 0 spiro atoms. The lowest BCUT2D eigenvalue weighted by molar-refractivity contribution is 0.477. The van der Waals surface area contributed by atoms with E-state index in [2.05, 4.69) is 28.2 Å². The molecule has 1 atom stereocenters. The van der Waals surface area contributed by atoms with E-state index in [4.69, 9.17) is 0 Å².